The summed E-state index contributed by atoms with van der Waals surface area (Å²) in [6, 6.07) is 0. The van der Waals surface area contributed by atoms with Gasteiger partial charge in [-0.3, -0.25) is 4.79 Å². The smallest absolute Gasteiger partial charge is 0.222 e. The van der Waals surface area contributed by atoms with Gasteiger partial charge in [0.05, 0.1) is 26.7 Å². The van der Waals surface area contributed by atoms with E-state index >= 15 is 0 Å². The van der Waals surface area contributed by atoms with Crippen molar-refractivity contribution in [2.75, 3.05) is 44.7 Å². The van der Waals surface area contributed by atoms with Gasteiger partial charge in [-0.1, -0.05) is 13.8 Å². The minimum atomic E-state index is 0.158. The number of rotatable bonds is 6. The fraction of sp³-hybridized carbons (Fsp3) is 0.923. The molecular weight excluding hydrogens is 232 g/mol. The summed E-state index contributed by atoms with van der Waals surface area (Å²) in [6.45, 7) is 8.65. The molecule has 4 heteroatoms. The van der Waals surface area contributed by atoms with Crippen LogP contribution >= 0.6 is 11.8 Å². The number of nitrogens with one attached hydrogen (secondary N) is 1. The number of amides is 1. The molecule has 1 heterocycles. The van der Waals surface area contributed by atoms with Crippen LogP contribution in [-0.4, -0.2) is 55.1 Å². The first-order valence-corrected chi connectivity index (χ1v) is 7.92. The number of carbonyl (C=O) groups excluding carboxylic acids is 1. The predicted octanol–water partition coefficient (Wildman–Crippen LogP) is 1.73. The topological polar surface area (TPSA) is 29.1 Å². The van der Waals surface area contributed by atoms with Crippen LogP contribution in [0.25, 0.3) is 0 Å². The third-order valence-electron chi connectivity index (χ3n) is 3.78. The third kappa shape index (κ3) is 5.30. The highest BCUT2D eigenvalue weighted by atomic mass is 32.2. The molecule has 0 radical (unpaired) electrons. The Hall–Kier alpha value is -0.220. The minimum absolute atomic E-state index is 0.158. The molecule has 1 rings (SSSR count). The average molecular weight is 259 g/mol. The average Bonchev–Trinajstić information content (AvgIpc) is 2.34. The molecule has 100 valence electrons. The van der Waals surface area contributed by atoms with Crippen LogP contribution < -0.4 is 5.32 Å². The molecule has 0 aromatic heterocycles. The van der Waals surface area contributed by atoms with Crippen molar-refractivity contribution in [3.63, 3.8) is 0 Å². The van der Waals surface area contributed by atoms with Gasteiger partial charge in [-0.15, -0.1) is 0 Å². The molecule has 1 aliphatic heterocycles. The van der Waals surface area contributed by atoms with Crippen LogP contribution in [0, 0.1) is 5.92 Å². The van der Waals surface area contributed by atoms with Crippen molar-refractivity contribution < 1.29 is 9.28 Å². The Bertz CT molecular complexity index is 240. The fourth-order valence-corrected chi connectivity index (χ4v) is 3.38. The Balaban J connectivity index is 2.13. The van der Waals surface area contributed by atoms with E-state index in [1.54, 1.807) is 0 Å². The maximum atomic E-state index is 11.6. The predicted molar refractivity (Wildman–Crippen MR) is 75.2 cm³/mol. The van der Waals surface area contributed by atoms with Crippen LogP contribution in [0.2, 0.25) is 0 Å². The molecule has 0 bridgehead atoms. The van der Waals surface area contributed by atoms with E-state index in [0.717, 1.165) is 19.4 Å². The lowest BCUT2D eigenvalue weighted by Crippen LogP contribution is -2.51. The Morgan fingerprint density at radius 3 is 2.65 bits per heavy atom. The largest absolute Gasteiger partial charge is 0.356 e. The fourth-order valence-electron chi connectivity index (χ4n) is 2.04. The van der Waals surface area contributed by atoms with E-state index in [2.05, 4.69) is 31.1 Å². The van der Waals surface area contributed by atoms with Crippen molar-refractivity contribution in [1.29, 1.82) is 0 Å². The minimum Gasteiger partial charge on any atom is -0.356 e. The van der Waals surface area contributed by atoms with Crippen molar-refractivity contribution in [3.8, 4) is 0 Å². The Kier molecular flexibility index (Phi) is 6.34. The lowest BCUT2D eigenvalue weighted by molar-refractivity contribution is -0.906. The van der Waals surface area contributed by atoms with Gasteiger partial charge in [-0.25, -0.2) is 0 Å². The summed E-state index contributed by atoms with van der Waals surface area (Å²) in [5, 5.41) is 3.04. The van der Waals surface area contributed by atoms with E-state index in [0.29, 0.717) is 0 Å². The number of hydrogen-bond acceptors (Lipinski definition) is 2. The normalized spacial score (nSPS) is 20.9. The lowest BCUT2D eigenvalue weighted by Gasteiger charge is -2.37. The van der Waals surface area contributed by atoms with Gasteiger partial charge >= 0.3 is 0 Å². The highest BCUT2D eigenvalue weighted by Crippen LogP contribution is 2.15. The van der Waals surface area contributed by atoms with E-state index in [4.69, 9.17) is 0 Å². The molecule has 1 aliphatic rings. The second kappa shape index (κ2) is 7.27. The number of nitrogens with zero attached hydrogens (tertiary/aromatic N) is 1. The highest BCUT2D eigenvalue weighted by molar-refractivity contribution is 7.99. The molecule has 1 fully saturated rings. The first-order valence-electron chi connectivity index (χ1n) is 6.76. The van der Waals surface area contributed by atoms with Gasteiger partial charge in [0, 0.05) is 30.4 Å². The van der Waals surface area contributed by atoms with Crippen molar-refractivity contribution in [2.45, 2.75) is 26.7 Å². The van der Waals surface area contributed by atoms with E-state index in [1.165, 1.54) is 35.6 Å². The first-order chi connectivity index (χ1) is 8.07. The van der Waals surface area contributed by atoms with Gasteiger partial charge < -0.3 is 9.80 Å². The van der Waals surface area contributed by atoms with Gasteiger partial charge in [0.2, 0.25) is 5.91 Å². The van der Waals surface area contributed by atoms with E-state index in [1.807, 2.05) is 6.92 Å². The van der Waals surface area contributed by atoms with Gasteiger partial charge in [-0.05, 0) is 6.42 Å². The number of hydrogen-bond donors (Lipinski definition) is 1. The Morgan fingerprint density at radius 1 is 1.41 bits per heavy atom. The van der Waals surface area contributed by atoms with Gasteiger partial charge in [-0.2, -0.15) is 11.8 Å². The van der Waals surface area contributed by atoms with Crippen molar-refractivity contribution in [2.24, 2.45) is 5.92 Å². The SMILES string of the molecule is CCC(C)C(=O)NCCC[N+]1(C)CCSCC1. The molecule has 1 atom stereocenters. The standard InChI is InChI=1S/C13H26N2OS/c1-4-12(2)13(16)14-6-5-7-15(3)8-10-17-11-9-15/h12H,4-11H2,1-3H3/p+1. The van der Waals surface area contributed by atoms with Crippen LogP contribution in [0.15, 0.2) is 0 Å². The lowest BCUT2D eigenvalue weighted by atomic mass is 10.1. The second-order valence-electron chi connectivity index (χ2n) is 5.36. The van der Waals surface area contributed by atoms with Gasteiger partial charge in [0.15, 0.2) is 0 Å². The molecule has 0 aromatic carbocycles. The van der Waals surface area contributed by atoms with Crippen molar-refractivity contribution in [3.05, 3.63) is 0 Å². The summed E-state index contributed by atoms with van der Waals surface area (Å²) in [5.41, 5.74) is 0. The molecular formula is C13H27N2OS+. The summed E-state index contributed by atoms with van der Waals surface area (Å²) in [5.74, 6) is 2.95. The molecule has 1 unspecified atom stereocenters. The second-order valence-corrected chi connectivity index (χ2v) is 6.58. The zero-order valence-corrected chi connectivity index (χ0v) is 12.3. The van der Waals surface area contributed by atoms with E-state index < -0.39 is 0 Å². The van der Waals surface area contributed by atoms with Crippen molar-refractivity contribution in [1.82, 2.24) is 5.32 Å². The number of quaternary nitrogens is 1. The third-order valence-corrected chi connectivity index (χ3v) is 4.73. The summed E-state index contributed by atoms with van der Waals surface area (Å²) < 4.78 is 1.19. The zero-order chi connectivity index (χ0) is 12.7. The van der Waals surface area contributed by atoms with Crippen LogP contribution in [0.4, 0.5) is 0 Å². The van der Waals surface area contributed by atoms with Crippen LogP contribution in [0.5, 0.6) is 0 Å². The highest BCUT2D eigenvalue weighted by Gasteiger charge is 2.24. The molecule has 0 aromatic rings. The summed E-state index contributed by atoms with van der Waals surface area (Å²) in [6.07, 6.45) is 2.03. The molecule has 17 heavy (non-hydrogen) atoms. The molecule has 0 saturated carbocycles. The van der Waals surface area contributed by atoms with E-state index in [-0.39, 0.29) is 11.8 Å². The van der Waals surface area contributed by atoms with Crippen LogP contribution in [0.1, 0.15) is 26.7 Å². The van der Waals surface area contributed by atoms with Crippen LogP contribution in [0.3, 0.4) is 0 Å². The maximum Gasteiger partial charge on any atom is 0.222 e. The maximum absolute atomic E-state index is 11.6. The summed E-state index contributed by atoms with van der Waals surface area (Å²) in [4.78, 5) is 11.6. The monoisotopic (exact) mass is 259 g/mol. The van der Waals surface area contributed by atoms with Gasteiger partial charge in [0.25, 0.3) is 0 Å². The molecule has 0 aliphatic carbocycles. The molecule has 1 amide bonds. The quantitative estimate of drug-likeness (QED) is 0.581. The number of thioether (sulfide) groups is 1. The summed E-state index contributed by atoms with van der Waals surface area (Å²) in [7, 11) is 2.34. The van der Waals surface area contributed by atoms with Crippen molar-refractivity contribution >= 4 is 17.7 Å². The molecule has 3 nitrogen and oxygen atoms in total. The van der Waals surface area contributed by atoms with Gasteiger partial charge in [0.1, 0.15) is 0 Å². The molecule has 0 spiro atoms. The Morgan fingerprint density at radius 2 is 2.06 bits per heavy atom. The molecule has 1 saturated heterocycles. The summed E-state index contributed by atoms with van der Waals surface area (Å²) >= 11 is 2.06. The van der Waals surface area contributed by atoms with Crippen LogP contribution in [-0.2, 0) is 4.79 Å². The Labute approximate surface area is 110 Å². The number of carbonyl (C=O) groups is 1. The zero-order valence-electron chi connectivity index (χ0n) is 11.5. The molecule has 1 N–H and O–H groups in total. The van der Waals surface area contributed by atoms with E-state index in [9.17, 15) is 4.79 Å². The first kappa shape index (κ1) is 14.8.